The number of amides is 1. The Bertz CT molecular complexity index is 290. The number of hydrogen-bond acceptors (Lipinski definition) is 2. The van der Waals surface area contributed by atoms with Gasteiger partial charge in [0.15, 0.2) is 0 Å². The third-order valence-corrected chi connectivity index (χ3v) is 4.02. The molecular formula is C11H17BrN2O. The highest BCUT2D eigenvalue weighted by Gasteiger charge is 2.48. The van der Waals surface area contributed by atoms with E-state index in [0.29, 0.717) is 18.4 Å². The number of carbonyl (C=O) groups excluding carboxylic acids is 1. The quantitative estimate of drug-likeness (QED) is 0.816. The lowest BCUT2D eigenvalue weighted by molar-refractivity contribution is -0.126. The van der Waals surface area contributed by atoms with Gasteiger partial charge in [-0.05, 0) is 31.1 Å². The van der Waals surface area contributed by atoms with Crippen LogP contribution in [0.1, 0.15) is 19.3 Å². The maximum absolute atomic E-state index is 11.9. The van der Waals surface area contributed by atoms with Gasteiger partial charge in [0.1, 0.15) is 0 Å². The fraction of sp³-hybridized carbons (Fsp3) is 0.727. The van der Waals surface area contributed by atoms with Crippen molar-refractivity contribution in [2.75, 3.05) is 6.54 Å². The largest absolute Gasteiger partial charge is 0.351 e. The van der Waals surface area contributed by atoms with Gasteiger partial charge < -0.3 is 11.1 Å². The molecule has 2 bridgehead atoms. The first kappa shape index (κ1) is 11.1. The minimum Gasteiger partial charge on any atom is -0.351 e. The highest BCUT2D eigenvalue weighted by atomic mass is 79.9. The topological polar surface area (TPSA) is 55.1 Å². The van der Waals surface area contributed by atoms with Crippen molar-refractivity contribution in [3.63, 3.8) is 0 Å². The fourth-order valence-corrected chi connectivity index (χ4v) is 3.17. The summed E-state index contributed by atoms with van der Waals surface area (Å²) in [5.74, 6) is 1.25. The Morgan fingerprint density at radius 2 is 2.13 bits per heavy atom. The van der Waals surface area contributed by atoms with E-state index in [1.54, 1.807) is 0 Å². The second-order valence-electron chi connectivity index (χ2n) is 4.67. The average Bonchev–Trinajstić information content (AvgIpc) is 2.74. The van der Waals surface area contributed by atoms with Crippen LogP contribution in [-0.4, -0.2) is 18.5 Å². The van der Waals surface area contributed by atoms with Crippen LogP contribution >= 0.6 is 15.9 Å². The van der Waals surface area contributed by atoms with Crippen LogP contribution < -0.4 is 11.1 Å². The van der Waals surface area contributed by atoms with Crippen molar-refractivity contribution in [3.8, 4) is 0 Å². The first-order valence-corrected chi connectivity index (χ1v) is 6.25. The molecule has 0 radical (unpaired) electrons. The zero-order valence-corrected chi connectivity index (χ0v) is 10.3. The molecule has 3 N–H and O–H groups in total. The smallest absolute Gasteiger partial charge is 0.225 e. The molecule has 2 fully saturated rings. The number of carbonyl (C=O) groups is 1. The standard InChI is InChI=1S/C11H17BrN2O/c1-6(12)5-14-11(15)9-7-2-3-8(4-7)10(9)13/h7-10H,1-5,13H2,(H,14,15). The molecule has 1 amide bonds. The van der Waals surface area contributed by atoms with Crippen LogP contribution in [0.2, 0.25) is 0 Å². The highest BCUT2D eigenvalue weighted by molar-refractivity contribution is 9.11. The SMILES string of the molecule is C=C(Br)CNC(=O)C1C2CCC(C2)C1N. The number of hydrogen-bond donors (Lipinski definition) is 2. The molecule has 0 aromatic carbocycles. The van der Waals surface area contributed by atoms with Gasteiger partial charge in [0.05, 0.1) is 5.92 Å². The summed E-state index contributed by atoms with van der Waals surface area (Å²) in [6.07, 6.45) is 3.53. The molecule has 2 saturated carbocycles. The lowest BCUT2D eigenvalue weighted by Crippen LogP contribution is -2.45. The summed E-state index contributed by atoms with van der Waals surface area (Å²) in [6, 6.07) is 0.0762. The first-order chi connectivity index (χ1) is 7.09. The van der Waals surface area contributed by atoms with Gasteiger partial charge in [-0.25, -0.2) is 0 Å². The van der Waals surface area contributed by atoms with Crippen LogP contribution in [0.25, 0.3) is 0 Å². The zero-order valence-electron chi connectivity index (χ0n) is 8.71. The van der Waals surface area contributed by atoms with Gasteiger partial charge >= 0.3 is 0 Å². The molecule has 2 aliphatic rings. The molecule has 0 aliphatic heterocycles. The van der Waals surface area contributed by atoms with Gasteiger partial charge in [-0.3, -0.25) is 4.79 Å². The predicted octanol–water partition coefficient (Wildman–Crippen LogP) is 1.38. The Morgan fingerprint density at radius 3 is 2.67 bits per heavy atom. The Balaban J connectivity index is 1.93. The molecule has 84 valence electrons. The molecule has 15 heavy (non-hydrogen) atoms. The summed E-state index contributed by atoms with van der Waals surface area (Å²) in [5.41, 5.74) is 6.08. The lowest BCUT2D eigenvalue weighted by atomic mass is 9.84. The van der Waals surface area contributed by atoms with Crippen molar-refractivity contribution in [2.45, 2.75) is 25.3 Å². The van der Waals surface area contributed by atoms with Crippen molar-refractivity contribution in [1.29, 1.82) is 0 Å². The van der Waals surface area contributed by atoms with E-state index in [9.17, 15) is 4.79 Å². The average molecular weight is 273 g/mol. The van der Waals surface area contributed by atoms with E-state index in [1.165, 1.54) is 12.8 Å². The lowest BCUT2D eigenvalue weighted by Gasteiger charge is -2.26. The minimum absolute atomic E-state index is 0.0376. The normalized spacial score (nSPS) is 38.0. The second-order valence-corrected chi connectivity index (χ2v) is 5.79. The number of nitrogens with two attached hydrogens (primary N) is 1. The third kappa shape index (κ3) is 2.11. The summed E-state index contributed by atoms with van der Waals surface area (Å²) < 4.78 is 0.799. The Morgan fingerprint density at radius 1 is 1.47 bits per heavy atom. The van der Waals surface area contributed by atoms with Crippen LogP contribution in [0.3, 0.4) is 0 Å². The molecule has 4 atom stereocenters. The van der Waals surface area contributed by atoms with E-state index < -0.39 is 0 Å². The summed E-state index contributed by atoms with van der Waals surface area (Å²) in [4.78, 5) is 11.9. The van der Waals surface area contributed by atoms with E-state index in [-0.39, 0.29) is 17.9 Å². The van der Waals surface area contributed by atoms with Gasteiger partial charge in [-0.2, -0.15) is 0 Å². The third-order valence-electron chi connectivity index (χ3n) is 3.74. The Kier molecular flexibility index (Phi) is 3.16. The van der Waals surface area contributed by atoms with Gasteiger partial charge in [0.2, 0.25) is 5.91 Å². The monoisotopic (exact) mass is 272 g/mol. The highest BCUT2D eigenvalue weighted by Crippen LogP contribution is 2.47. The zero-order chi connectivity index (χ0) is 11.0. The van der Waals surface area contributed by atoms with Crippen LogP contribution in [0.5, 0.6) is 0 Å². The van der Waals surface area contributed by atoms with Crippen LogP contribution in [0.15, 0.2) is 11.1 Å². The van der Waals surface area contributed by atoms with Crippen molar-refractivity contribution < 1.29 is 4.79 Å². The molecule has 0 heterocycles. The Hall–Kier alpha value is -0.350. The fourth-order valence-electron chi connectivity index (χ4n) is 3.03. The molecule has 0 spiro atoms. The van der Waals surface area contributed by atoms with Crippen LogP contribution in [0.4, 0.5) is 0 Å². The van der Waals surface area contributed by atoms with E-state index in [0.717, 1.165) is 10.9 Å². The second kappa shape index (κ2) is 4.26. The van der Waals surface area contributed by atoms with Gasteiger partial charge in [0, 0.05) is 17.1 Å². The number of rotatable bonds is 3. The van der Waals surface area contributed by atoms with Crippen molar-refractivity contribution in [1.82, 2.24) is 5.32 Å². The molecule has 4 unspecified atom stereocenters. The van der Waals surface area contributed by atoms with E-state index >= 15 is 0 Å². The maximum atomic E-state index is 11.9. The van der Waals surface area contributed by atoms with Gasteiger partial charge in [0.25, 0.3) is 0 Å². The number of halogens is 1. The maximum Gasteiger partial charge on any atom is 0.225 e. The first-order valence-electron chi connectivity index (χ1n) is 5.46. The number of nitrogens with one attached hydrogen (secondary N) is 1. The number of fused-ring (bicyclic) bond motifs is 2. The van der Waals surface area contributed by atoms with Gasteiger partial charge in [-0.15, -0.1) is 0 Å². The minimum atomic E-state index is 0.0376. The van der Waals surface area contributed by atoms with E-state index in [1.807, 2.05) is 0 Å². The molecule has 2 rings (SSSR count). The molecule has 0 aromatic rings. The summed E-state index contributed by atoms with van der Waals surface area (Å²) in [5, 5.41) is 2.87. The summed E-state index contributed by atoms with van der Waals surface area (Å²) in [6.45, 7) is 4.19. The summed E-state index contributed by atoms with van der Waals surface area (Å²) >= 11 is 3.23. The molecule has 4 heteroatoms. The van der Waals surface area contributed by atoms with Crippen LogP contribution in [0, 0.1) is 17.8 Å². The van der Waals surface area contributed by atoms with Crippen LogP contribution in [-0.2, 0) is 4.79 Å². The molecule has 0 saturated heterocycles. The van der Waals surface area contributed by atoms with Crippen molar-refractivity contribution in [2.24, 2.45) is 23.5 Å². The molecule has 3 nitrogen and oxygen atoms in total. The summed E-state index contributed by atoms with van der Waals surface area (Å²) in [7, 11) is 0. The molecule has 0 aromatic heterocycles. The van der Waals surface area contributed by atoms with E-state index in [2.05, 4.69) is 27.8 Å². The molecule has 2 aliphatic carbocycles. The predicted molar refractivity (Wildman–Crippen MR) is 63.4 cm³/mol. The van der Waals surface area contributed by atoms with Crippen molar-refractivity contribution >= 4 is 21.8 Å². The Labute approximate surface area is 98.6 Å². The van der Waals surface area contributed by atoms with Gasteiger partial charge in [-0.1, -0.05) is 22.5 Å². The van der Waals surface area contributed by atoms with Crippen molar-refractivity contribution in [3.05, 3.63) is 11.1 Å². The molecular weight excluding hydrogens is 256 g/mol. The van der Waals surface area contributed by atoms with E-state index in [4.69, 9.17) is 5.73 Å².